The smallest absolute Gasteiger partial charge is 0.312 e. The minimum Gasteiger partial charge on any atom is -0.481 e. The fourth-order valence-corrected chi connectivity index (χ4v) is 20.0. The first-order valence-corrected chi connectivity index (χ1v) is 34.8. The van der Waals surface area contributed by atoms with Crippen LogP contribution in [0, 0.1) is 56.2 Å². The van der Waals surface area contributed by atoms with Crippen molar-refractivity contribution in [1.29, 1.82) is 0 Å². The number of carbonyl (C=O) groups excluding carboxylic acids is 1. The number of aliphatic hydroxyl groups is 13. The second-order valence-electron chi connectivity index (χ2n) is 31.3. The summed E-state index contributed by atoms with van der Waals surface area (Å²) >= 11 is 0. The molecule has 29 heteroatoms. The molecule has 14 N–H and O–H groups in total. The highest BCUT2D eigenvalue weighted by atomic mass is 16.7. The first-order chi connectivity index (χ1) is 45.8. The van der Waals surface area contributed by atoms with Gasteiger partial charge in [0.2, 0.25) is 0 Å². The van der Waals surface area contributed by atoms with Crippen LogP contribution in [0.2, 0.25) is 0 Å². The standard InChI is InChI=1S/C68H112O29/c1-31-55(85-8)59(87-10)57(90-27-41-51(79)58(86-9)56(32(2)93-41)97-61-54(82)46(74)33(24-92-61)23-88-25-39-49(77)52(80)47(75)37(21-69)95-39)42(94-31)26-89-29-45(73)67-16-15-63(3,4)19-35(67)34-11-12-43-64(5)20-36(72)60(91-28-40-50(78)53(81)48(76)38(22-70)96-40)66(7,62(83)84)44(64)13-14-65(43,6)68(34,30-71)18-17-67/h11,31-33,35-44,46-61,69-72,74-82H,12-30H2,1-10H3,(H,83,84). The van der Waals surface area contributed by atoms with E-state index in [9.17, 15) is 76.3 Å². The van der Waals surface area contributed by atoms with Crippen LogP contribution in [0.5, 0.6) is 0 Å². The number of allylic oxidation sites excluding steroid dienone is 1. The van der Waals surface area contributed by atoms with Gasteiger partial charge in [-0.3, -0.25) is 9.59 Å². The highest BCUT2D eigenvalue weighted by Crippen LogP contribution is 2.76. The summed E-state index contributed by atoms with van der Waals surface area (Å²) in [6.45, 7) is 10.7. The van der Waals surface area contributed by atoms with Gasteiger partial charge in [0.05, 0.1) is 95.4 Å². The maximum absolute atomic E-state index is 15.4. The molecular formula is C68H112O29. The van der Waals surface area contributed by atoms with Crippen LogP contribution in [-0.4, -0.2) is 323 Å². The third-order valence-electron chi connectivity index (χ3n) is 25.6. The summed E-state index contributed by atoms with van der Waals surface area (Å²) in [5, 5.41) is 152. The number of methoxy groups -OCH3 is 3. The number of carboxylic acid groups (broad SMARTS) is 1. The second kappa shape index (κ2) is 30.5. The van der Waals surface area contributed by atoms with Crippen molar-refractivity contribution in [2.75, 3.05) is 87.4 Å². The minimum atomic E-state index is -1.67. The molecule has 5 saturated heterocycles. The van der Waals surface area contributed by atoms with Gasteiger partial charge in [0, 0.05) is 38.1 Å². The van der Waals surface area contributed by atoms with Crippen molar-refractivity contribution in [2.45, 2.75) is 259 Å². The number of ketones is 1. The summed E-state index contributed by atoms with van der Waals surface area (Å²) in [5.41, 5.74) is -3.83. The zero-order valence-electron chi connectivity index (χ0n) is 57.6. The number of aliphatic hydroxyl groups excluding tert-OH is 13. The maximum Gasteiger partial charge on any atom is 0.312 e. The van der Waals surface area contributed by atoms with Crippen LogP contribution in [0.15, 0.2) is 11.6 Å². The molecule has 0 amide bonds. The molecule has 34 unspecified atom stereocenters. The van der Waals surface area contributed by atoms with Crippen molar-refractivity contribution in [3.05, 3.63) is 11.6 Å². The maximum atomic E-state index is 15.4. The number of ether oxygens (including phenoxy) is 13. The molecule has 10 aliphatic rings. The number of aliphatic carboxylic acids is 1. The van der Waals surface area contributed by atoms with Gasteiger partial charge in [-0.1, -0.05) is 39.3 Å². The monoisotopic (exact) mass is 1390 g/mol. The molecule has 5 aliphatic carbocycles. The Labute approximate surface area is 566 Å². The highest BCUT2D eigenvalue weighted by Gasteiger charge is 2.73. The average Bonchev–Trinajstić information content (AvgIpc) is 0.670. The Morgan fingerprint density at radius 3 is 1.73 bits per heavy atom. The summed E-state index contributed by atoms with van der Waals surface area (Å²) in [7, 11) is 4.43. The Kier molecular flexibility index (Phi) is 24.4. The lowest BCUT2D eigenvalue weighted by Crippen LogP contribution is -2.70. The lowest BCUT2D eigenvalue weighted by Gasteiger charge is -2.71. The molecule has 5 heterocycles. The van der Waals surface area contributed by atoms with Crippen LogP contribution in [0.1, 0.15) is 106 Å². The molecule has 97 heavy (non-hydrogen) atoms. The number of fused-ring (bicyclic) bond motifs is 7. The van der Waals surface area contributed by atoms with E-state index >= 15 is 4.79 Å². The van der Waals surface area contributed by atoms with Crippen LogP contribution < -0.4 is 0 Å². The molecule has 0 spiro atoms. The summed E-state index contributed by atoms with van der Waals surface area (Å²) in [6.07, 6.45) is -23.3. The van der Waals surface area contributed by atoms with Gasteiger partial charge in [-0.2, -0.15) is 0 Å². The van der Waals surface area contributed by atoms with Crippen LogP contribution >= 0.6 is 0 Å². The Hall–Kier alpha value is -2.16. The first kappa shape index (κ1) is 77.5. The minimum absolute atomic E-state index is 0.0696. The lowest BCUT2D eigenvalue weighted by molar-refractivity contribution is -0.325. The Balaban J connectivity index is 0.791. The van der Waals surface area contributed by atoms with Gasteiger partial charge >= 0.3 is 5.97 Å². The van der Waals surface area contributed by atoms with E-state index in [-0.39, 0.29) is 75.7 Å². The van der Waals surface area contributed by atoms with E-state index in [4.69, 9.17) is 61.6 Å². The van der Waals surface area contributed by atoms with Crippen molar-refractivity contribution in [2.24, 2.45) is 56.2 Å². The fraction of sp³-hybridized carbons (Fsp3) is 0.941. The molecule has 558 valence electrons. The molecule has 0 aromatic carbocycles. The zero-order chi connectivity index (χ0) is 70.8. The summed E-state index contributed by atoms with van der Waals surface area (Å²) in [4.78, 5) is 29.3. The van der Waals surface area contributed by atoms with Crippen molar-refractivity contribution in [3.63, 3.8) is 0 Å². The van der Waals surface area contributed by atoms with E-state index in [0.717, 1.165) is 12.0 Å². The molecule has 9 fully saturated rings. The normalized spacial score (nSPS) is 50.7. The Morgan fingerprint density at radius 2 is 1.12 bits per heavy atom. The number of carbonyl (C=O) groups is 2. The molecule has 0 aromatic heterocycles. The quantitative estimate of drug-likeness (QED) is 0.0461. The van der Waals surface area contributed by atoms with E-state index in [0.29, 0.717) is 44.9 Å². The zero-order valence-corrected chi connectivity index (χ0v) is 57.6. The van der Waals surface area contributed by atoms with Crippen molar-refractivity contribution in [3.8, 4) is 0 Å². The molecule has 4 saturated carbocycles. The SMILES string of the molecule is COC1C(C)OC(COCC(=O)C23CCC(C)(C)CC2C2=CCC4C5(C)CC(O)C(OCC6OC(CO)C(O)C(O)C6O)C(C)(C(=O)O)C5CCC4(C)C2(CO)CC3)C(OCC2OC(C)C(OC3OCC(COCC4OC(CO)C(O)C(O)C4O)C(O)C3O)C(OC)C2O)C1OC. The number of hydrogen-bond donors (Lipinski definition) is 14. The topological polar surface area (TPSA) is 437 Å². The first-order valence-electron chi connectivity index (χ1n) is 34.8. The van der Waals surface area contributed by atoms with Gasteiger partial charge in [-0.25, -0.2) is 0 Å². The Bertz CT molecular complexity index is 2670. The van der Waals surface area contributed by atoms with Crippen LogP contribution in [-0.2, 0) is 71.2 Å². The van der Waals surface area contributed by atoms with Crippen LogP contribution in [0.3, 0.4) is 0 Å². The predicted octanol–water partition coefficient (Wildman–Crippen LogP) is -2.09. The molecule has 5 aliphatic heterocycles. The molecule has 10 rings (SSSR count). The van der Waals surface area contributed by atoms with E-state index < -0.39 is 217 Å². The van der Waals surface area contributed by atoms with E-state index in [1.165, 1.54) is 21.3 Å². The summed E-state index contributed by atoms with van der Waals surface area (Å²) in [6, 6.07) is 0. The van der Waals surface area contributed by atoms with Gasteiger partial charge in [0.15, 0.2) is 12.1 Å². The van der Waals surface area contributed by atoms with Crippen molar-refractivity contribution in [1.82, 2.24) is 0 Å². The number of carboxylic acids is 1. The lowest BCUT2D eigenvalue weighted by atomic mass is 9.33. The van der Waals surface area contributed by atoms with Gasteiger partial charge in [0.25, 0.3) is 0 Å². The van der Waals surface area contributed by atoms with Gasteiger partial charge < -0.3 is 133 Å². The number of Topliss-reactive ketones (excluding diaryl/α,β-unsaturated/α-hetero) is 1. The third kappa shape index (κ3) is 13.8. The summed E-state index contributed by atoms with van der Waals surface area (Å²) in [5.74, 6) is -3.03. The van der Waals surface area contributed by atoms with Crippen LogP contribution in [0.25, 0.3) is 0 Å². The predicted molar refractivity (Wildman–Crippen MR) is 335 cm³/mol. The summed E-state index contributed by atoms with van der Waals surface area (Å²) < 4.78 is 79.1. The molecule has 0 aromatic rings. The third-order valence-corrected chi connectivity index (χ3v) is 25.6. The van der Waals surface area contributed by atoms with Gasteiger partial charge in [-0.15, -0.1) is 0 Å². The number of hydrogen-bond acceptors (Lipinski definition) is 28. The largest absolute Gasteiger partial charge is 0.481 e. The highest BCUT2D eigenvalue weighted by molar-refractivity contribution is 5.87. The van der Waals surface area contributed by atoms with E-state index in [2.05, 4.69) is 33.8 Å². The van der Waals surface area contributed by atoms with Crippen molar-refractivity contribution < 1.29 is 143 Å². The fourth-order valence-electron chi connectivity index (χ4n) is 20.0. The van der Waals surface area contributed by atoms with Gasteiger partial charge in [0.1, 0.15) is 123 Å². The van der Waals surface area contributed by atoms with E-state index in [1.54, 1.807) is 13.8 Å². The second-order valence-corrected chi connectivity index (χ2v) is 31.3. The van der Waals surface area contributed by atoms with Crippen LogP contribution in [0.4, 0.5) is 0 Å². The van der Waals surface area contributed by atoms with Crippen molar-refractivity contribution >= 4 is 11.8 Å². The van der Waals surface area contributed by atoms with E-state index in [1.807, 2.05) is 6.92 Å². The average molecular weight is 1390 g/mol. The molecule has 29 nitrogen and oxygen atoms in total. The molecule has 0 radical (unpaired) electrons. The Morgan fingerprint density at radius 1 is 0.557 bits per heavy atom. The van der Waals surface area contributed by atoms with Gasteiger partial charge in [-0.05, 0) is 113 Å². The molecule has 0 bridgehead atoms. The number of rotatable bonds is 24. The molecular weight excluding hydrogens is 1280 g/mol. The molecule has 34 atom stereocenters.